The maximum absolute atomic E-state index is 13.7. The van der Waals surface area contributed by atoms with E-state index in [2.05, 4.69) is 15.8 Å². The standard InChI is InChI=1S/C32H30ClN7O8/c1-18-28(29(36-48-18)21-5-3-4-6-26(21)47-2)31(43)38-13-11-37(12-14-38)24-16-23(25(40(45)46)15-22(24)33)34-30(42)19-7-9-20(10-8-19)39-17-27(41)35-32(39)44/h3-10,15-16,40,45H,11-14,17H2,1-2H3,(H,34,42)(H,35,41,44). The minimum atomic E-state index is -1.29. The fourth-order valence-electron chi connectivity index (χ4n) is 5.68. The second-order valence-corrected chi connectivity index (χ2v) is 11.4. The monoisotopic (exact) mass is 675 g/mol. The molecule has 15 nitrogen and oxygen atoms in total. The Labute approximate surface area is 278 Å². The molecule has 4 N–H and O–H groups in total. The van der Waals surface area contributed by atoms with Gasteiger partial charge in [-0.25, -0.2) is 10.0 Å². The molecule has 3 aromatic carbocycles. The highest BCUT2D eigenvalue weighted by Crippen LogP contribution is 2.36. The van der Waals surface area contributed by atoms with Crippen LogP contribution < -0.4 is 30.4 Å². The molecule has 0 spiro atoms. The quantitative estimate of drug-likeness (QED) is 0.160. The third-order valence-electron chi connectivity index (χ3n) is 8.15. The molecule has 0 aliphatic carbocycles. The van der Waals surface area contributed by atoms with Crippen LogP contribution in [0.2, 0.25) is 5.02 Å². The summed E-state index contributed by atoms with van der Waals surface area (Å²) in [6.07, 6.45) is 0. The van der Waals surface area contributed by atoms with Gasteiger partial charge in [0.25, 0.3) is 11.8 Å². The highest BCUT2D eigenvalue weighted by atomic mass is 35.5. The summed E-state index contributed by atoms with van der Waals surface area (Å²) in [6, 6.07) is 15.4. The third-order valence-corrected chi connectivity index (χ3v) is 8.45. The van der Waals surface area contributed by atoms with Crippen LogP contribution in [0, 0.1) is 12.1 Å². The van der Waals surface area contributed by atoms with Crippen molar-refractivity contribution in [1.82, 2.24) is 15.4 Å². The summed E-state index contributed by atoms with van der Waals surface area (Å²) >= 11 is 6.56. The number of halogens is 1. The molecule has 0 radical (unpaired) electrons. The Balaban J connectivity index is 1.18. The number of ether oxygens (including phenoxy) is 1. The fraction of sp³-hybridized carbons (Fsp3) is 0.219. The molecule has 248 valence electrons. The topological polar surface area (TPSA) is 185 Å². The number of aromatic nitrogens is 1. The predicted molar refractivity (Wildman–Crippen MR) is 174 cm³/mol. The number of nitrogens with zero attached hydrogens (tertiary/aromatic N) is 4. The molecule has 16 heteroatoms. The maximum atomic E-state index is 13.7. The molecule has 1 unspecified atom stereocenters. The van der Waals surface area contributed by atoms with E-state index in [0.29, 0.717) is 65.9 Å². The second-order valence-electron chi connectivity index (χ2n) is 11.0. The molecule has 3 heterocycles. The summed E-state index contributed by atoms with van der Waals surface area (Å²) in [7, 11) is 1.54. The molecule has 2 aliphatic rings. The Morgan fingerprint density at radius 2 is 1.79 bits per heavy atom. The molecular formula is C32H30ClN7O8. The Hall–Kier alpha value is -5.48. The van der Waals surface area contributed by atoms with Gasteiger partial charge in [0.2, 0.25) is 5.91 Å². The van der Waals surface area contributed by atoms with Gasteiger partial charge in [0.05, 0.1) is 17.8 Å². The number of nitrogens with one attached hydrogen (secondary N) is 3. The van der Waals surface area contributed by atoms with E-state index in [9.17, 15) is 29.6 Å². The number of hydrogen-bond acceptors (Lipinski definition) is 10. The molecule has 2 saturated heterocycles. The zero-order chi connectivity index (χ0) is 34.1. The average Bonchev–Trinajstić information content (AvgIpc) is 3.65. The van der Waals surface area contributed by atoms with Crippen molar-refractivity contribution in [1.29, 1.82) is 0 Å². The summed E-state index contributed by atoms with van der Waals surface area (Å²) in [5.41, 5.74) is 2.28. The first-order valence-corrected chi connectivity index (χ1v) is 15.2. The molecule has 5 amide bonds. The number of para-hydroxylation sites is 1. The van der Waals surface area contributed by atoms with Crippen molar-refractivity contribution in [2.45, 2.75) is 6.92 Å². The number of hydrogen-bond donors (Lipinski definition) is 4. The van der Waals surface area contributed by atoms with Gasteiger partial charge in [0, 0.05) is 49.1 Å². The normalized spacial score (nSPS) is 15.4. The smallest absolute Gasteiger partial charge is 0.329 e. The van der Waals surface area contributed by atoms with Gasteiger partial charge in [-0.05, 0) is 49.4 Å². The highest BCUT2D eigenvalue weighted by Gasteiger charge is 2.31. The number of benzene rings is 3. The van der Waals surface area contributed by atoms with Crippen molar-refractivity contribution >= 4 is 58.1 Å². The molecule has 2 fully saturated rings. The molecule has 6 rings (SSSR count). The van der Waals surface area contributed by atoms with Crippen LogP contribution in [-0.4, -0.2) is 78.9 Å². The van der Waals surface area contributed by atoms with Crippen molar-refractivity contribution in [2.24, 2.45) is 0 Å². The largest absolute Gasteiger partial charge is 0.595 e. The van der Waals surface area contributed by atoms with E-state index in [1.165, 1.54) is 48.4 Å². The van der Waals surface area contributed by atoms with Crippen LogP contribution in [0.15, 0.2) is 65.2 Å². The van der Waals surface area contributed by atoms with Gasteiger partial charge in [0.1, 0.15) is 35.0 Å². The molecule has 2 aliphatic heterocycles. The number of carbonyl (C=O) groups is 4. The second kappa shape index (κ2) is 13.3. The molecule has 48 heavy (non-hydrogen) atoms. The number of quaternary nitrogens is 1. The van der Waals surface area contributed by atoms with Crippen LogP contribution in [0.25, 0.3) is 11.3 Å². The van der Waals surface area contributed by atoms with Crippen molar-refractivity contribution in [3.05, 3.63) is 87.8 Å². The average molecular weight is 676 g/mol. The van der Waals surface area contributed by atoms with Gasteiger partial charge in [-0.2, -0.15) is 5.23 Å². The lowest BCUT2D eigenvalue weighted by Crippen LogP contribution is -2.99. The maximum Gasteiger partial charge on any atom is 0.329 e. The van der Waals surface area contributed by atoms with Crippen LogP contribution in [0.3, 0.4) is 0 Å². The Bertz CT molecular complexity index is 1900. The van der Waals surface area contributed by atoms with Gasteiger partial charge in [-0.3, -0.25) is 24.6 Å². The summed E-state index contributed by atoms with van der Waals surface area (Å²) in [6.45, 7) is 2.92. The van der Waals surface area contributed by atoms with Crippen LogP contribution in [-0.2, 0) is 4.79 Å². The first-order valence-electron chi connectivity index (χ1n) is 14.8. The van der Waals surface area contributed by atoms with E-state index in [0.717, 1.165) is 0 Å². The number of aryl methyl sites for hydroxylation is 1. The molecule has 0 bridgehead atoms. The van der Waals surface area contributed by atoms with Crippen molar-refractivity contribution in [3.63, 3.8) is 0 Å². The lowest BCUT2D eigenvalue weighted by atomic mass is 10.0. The predicted octanol–water partition coefficient (Wildman–Crippen LogP) is 2.99. The minimum Gasteiger partial charge on any atom is -0.595 e. The van der Waals surface area contributed by atoms with Gasteiger partial charge in [-0.1, -0.05) is 28.9 Å². The van der Waals surface area contributed by atoms with Crippen LogP contribution in [0.5, 0.6) is 5.75 Å². The molecule has 1 atom stereocenters. The Morgan fingerprint density at radius 3 is 2.44 bits per heavy atom. The van der Waals surface area contributed by atoms with Crippen LogP contribution in [0.1, 0.15) is 26.5 Å². The van der Waals surface area contributed by atoms with Crippen LogP contribution >= 0.6 is 11.6 Å². The Kier molecular flexibility index (Phi) is 9.01. The van der Waals surface area contributed by atoms with Gasteiger partial charge in [0.15, 0.2) is 5.69 Å². The number of imide groups is 1. The number of amides is 5. The SMILES string of the molecule is COc1ccccc1-c1noc(C)c1C(=O)N1CCN(c2cc(NC(=O)c3ccc(N4CC(=O)NC4=O)cc3)c([NH+]([O-])O)cc2Cl)CC1. The lowest BCUT2D eigenvalue weighted by Gasteiger charge is -2.36. The van der Waals surface area contributed by atoms with E-state index in [-0.39, 0.29) is 34.4 Å². The number of piperazine rings is 1. The van der Waals surface area contributed by atoms with Gasteiger partial charge in [-0.15, -0.1) is 0 Å². The van der Waals surface area contributed by atoms with E-state index in [1.807, 2.05) is 17.0 Å². The van der Waals surface area contributed by atoms with Gasteiger partial charge < -0.3 is 29.6 Å². The highest BCUT2D eigenvalue weighted by molar-refractivity contribution is 6.33. The lowest BCUT2D eigenvalue weighted by molar-refractivity contribution is -0.990. The van der Waals surface area contributed by atoms with E-state index in [1.54, 1.807) is 24.0 Å². The fourth-order valence-corrected chi connectivity index (χ4v) is 5.96. The van der Waals surface area contributed by atoms with Crippen molar-refractivity contribution in [2.75, 3.05) is 55.0 Å². The minimum absolute atomic E-state index is 0.0283. The Morgan fingerprint density at radius 1 is 1.08 bits per heavy atom. The zero-order valence-electron chi connectivity index (χ0n) is 25.8. The van der Waals surface area contributed by atoms with E-state index < -0.39 is 23.1 Å². The molecule has 4 aromatic rings. The first kappa shape index (κ1) is 32.5. The van der Waals surface area contributed by atoms with Crippen molar-refractivity contribution < 1.29 is 38.9 Å². The number of anilines is 3. The summed E-state index contributed by atoms with van der Waals surface area (Å²) in [5, 5.41) is 29.8. The summed E-state index contributed by atoms with van der Waals surface area (Å²) < 4.78 is 10.9. The molecule has 1 aromatic heterocycles. The molecular weight excluding hydrogens is 646 g/mol. The number of rotatable bonds is 8. The zero-order valence-corrected chi connectivity index (χ0v) is 26.5. The summed E-state index contributed by atoms with van der Waals surface area (Å²) in [5.74, 6) is -0.347. The van der Waals surface area contributed by atoms with Crippen LogP contribution in [0.4, 0.5) is 27.5 Å². The number of carbonyl (C=O) groups excluding carboxylic acids is 4. The summed E-state index contributed by atoms with van der Waals surface area (Å²) in [4.78, 5) is 55.2. The first-order chi connectivity index (χ1) is 23.0. The van der Waals surface area contributed by atoms with E-state index >= 15 is 0 Å². The third kappa shape index (κ3) is 6.26. The number of urea groups is 1. The number of methoxy groups -OCH3 is 1. The van der Waals surface area contributed by atoms with Gasteiger partial charge >= 0.3 is 6.03 Å². The molecule has 0 saturated carbocycles. The van der Waals surface area contributed by atoms with E-state index in [4.69, 9.17) is 20.9 Å². The van der Waals surface area contributed by atoms with Crippen molar-refractivity contribution in [3.8, 4) is 17.0 Å².